The molecule has 0 radical (unpaired) electrons. The zero-order valence-electron chi connectivity index (χ0n) is 16.8. The topological polar surface area (TPSA) is 92.8 Å². The first kappa shape index (κ1) is 20.2. The molecule has 6 heteroatoms. The van der Waals surface area contributed by atoms with Gasteiger partial charge in [-0.2, -0.15) is 0 Å². The van der Waals surface area contributed by atoms with Gasteiger partial charge in [-0.05, 0) is 41.8 Å². The van der Waals surface area contributed by atoms with E-state index in [0.717, 1.165) is 15.6 Å². The van der Waals surface area contributed by atoms with Crippen LogP contribution in [0.25, 0.3) is 0 Å². The van der Waals surface area contributed by atoms with E-state index >= 15 is 0 Å². The summed E-state index contributed by atoms with van der Waals surface area (Å²) in [6.45, 7) is 1.94. The van der Waals surface area contributed by atoms with Crippen LogP contribution in [0, 0.1) is 12.8 Å². The van der Waals surface area contributed by atoms with E-state index in [4.69, 9.17) is 10.5 Å². The van der Waals surface area contributed by atoms with Crippen molar-refractivity contribution in [3.05, 3.63) is 99.5 Å². The number of primary amides is 1. The Kier molecular flexibility index (Phi) is 4.52. The summed E-state index contributed by atoms with van der Waals surface area (Å²) >= 11 is 3.46. The van der Waals surface area contributed by atoms with E-state index in [1.54, 1.807) is 6.07 Å². The van der Waals surface area contributed by atoms with Crippen LogP contribution < -0.4 is 10.5 Å². The molecule has 2 aliphatic rings. The molecule has 3 aromatic carbocycles. The number of benzene rings is 3. The largest absolute Gasteiger partial charge is 0.478 e. The molecule has 0 spiro atoms. The summed E-state index contributed by atoms with van der Waals surface area (Å²) in [4.78, 5) is 12.7. The Bertz CT molecular complexity index is 1170. The number of ether oxygens (including phenoxy) is 1. The van der Waals surface area contributed by atoms with Gasteiger partial charge >= 0.3 is 0 Å². The summed E-state index contributed by atoms with van der Waals surface area (Å²) in [6.07, 6.45) is -1.46. The van der Waals surface area contributed by atoms with Gasteiger partial charge in [0.25, 0.3) is 0 Å². The lowest BCUT2D eigenvalue weighted by Crippen LogP contribution is -2.52. The van der Waals surface area contributed by atoms with Crippen molar-refractivity contribution in [1.29, 1.82) is 0 Å². The van der Waals surface area contributed by atoms with Crippen molar-refractivity contribution in [2.75, 3.05) is 0 Å². The third-order valence-electron chi connectivity index (χ3n) is 6.71. The van der Waals surface area contributed by atoms with Gasteiger partial charge in [-0.3, -0.25) is 4.79 Å². The van der Waals surface area contributed by atoms with E-state index in [-0.39, 0.29) is 0 Å². The molecule has 1 aliphatic carbocycles. The molecule has 3 aromatic rings. The van der Waals surface area contributed by atoms with Crippen LogP contribution in [0.4, 0.5) is 0 Å². The Labute approximate surface area is 188 Å². The van der Waals surface area contributed by atoms with Gasteiger partial charge in [0, 0.05) is 16.0 Å². The molecular weight excluding hydrogens is 458 g/mol. The maximum absolute atomic E-state index is 12.7. The maximum atomic E-state index is 12.7. The molecular formula is C25H22BrNO4. The number of hydrogen-bond acceptors (Lipinski definition) is 4. The minimum absolute atomic E-state index is 0.457. The molecule has 5 atom stereocenters. The molecule has 1 amide bonds. The van der Waals surface area contributed by atoms with E-state index in [0.29, 0.717) is 16.9 Å². The molecule has 158 valence electrons. The molecule has 1 heterocycles. The highest BCUT2D eigenvalue weighted by Crippen LogP contribution is 2.68. The number of amides is 1. The van der Waals surface area contributed by atoms with Crippen LogP contribution in [0.5, 0.6) is 5.75 Å². The fourth-order valence-electron chi connectivity index (χ4n) is 5.43. The maximum Gasteiger partial charge on any atom is 0.224 e. The third kappa shape index (κ3) is 2.59. The first-order chi connectivity index (χ1) is 14.8. The van der Waals surface area contributed by atoms with E-state index in [1.165, 1.54) is 0 Å². The lowest BCUT2D eigenvalue weighted by atomic mass is 9.70. The van der Waals surface area contributed by atoms with Crippen LogP contribution in [0.3, 0.4) is 0 Å². The summed E-state index contributed by atoms with van der Waals surface area (Å²) in [7, 11) is 0. The molecule has 0 aromatic heterocycles. The van der Waals surface area contributed by atoms with E-state index in [2.05, 4.69) is 15.9 Å². The van der Waals surface area contributed by atoms with Crippen molar-refractivity contribution in [3.8, 4) is 5.75 Å². The molecule has 1 saturated carbocycles. The van der Waals surface area contributed by atoms with Gasteiger partial charge in [-0.15, -0.1) is 0 Å². The highest BCUT2D eigenvalue weighted by molar-refractivity contribution is 9.10. The number of hydrogen-bond donors (Lipinski definition) is 3. The molecule has 4 N–H and O–H groups in total. The first-order valence-electron chi connectivity index (χ1n) is 10.1. The Hall–Kier alpha value is -2.67. The fraction of sp³-hybridized carbons (Fsp3) is 0.240. The number of aliphatic hydroxyl groups is 2. The number of rotatable bonds is 3. The van der Waals surface area contributed by atoms with Crippen molar-refractivity contribution in [2.24, 2.45) is 11.7 Å². The van der Waals surface area contributed by atoms with Gasteiger partial charge in [-0.25, -0.2) is 0 Å². The summed E-state index contributed by atoms with van der Waals surface area (Å²) < 4.78 is 7.48. The monoisotopic (exact) mass is 479 g/mol. The minimum Gasteiger partial charge on any atom is -0.478 e. The van der Waals surface area contributed by atoms with Crippen molar-refractivity contribution in [2.45, 2.75) is 30.1 Å². The summed E-state index contributed by atoms with van der Waals surface area (Å²) in [5, 5.41) is 23.8. The van der Waals surface area contributed by atoms with Crippen molar-refractivity contribution in [3.63, 3.8) is 0 Å². The van der Waals surface area contributed by atoms with Gasteiger partial charge in [-0.1, -0.05) is 70.5 Å². The highest BCUT2D eigenvalue weighted by Gasteiger charge is 2.77. The Balaban J connectivity index is 1.87. The van der Waals surface area contributed by atoms with Crippen molar-refractivity contribution in [1.82, 2.24) is 0 Å². The molecule has 1 fully saturated rings. The fourth-order valence-corrected chi connectivity index (χ4v) is 5.70. The molecule has 31 heavy (non-hydrogen) atoms. The number of carbonyl (C=O) groups excluding carboxylic acids is 1. The molecule has 0 unspecified atom stereocenters. The summed E-state index contributed by atoms with van der Waals surface area (Å²) in [6, 6.07) is 22.2. The van der Waals surface area contributed by atoms with Crippen LogP contribution in [-0.4, -0.2) is 22.2 Å². The smallest absolute Gasteiger partial charge is 0.224 e. The Morgan fingerprint density at radius 1 is 1.06 bits per heavy atom. The lowest BCUT2D eigenvalue weighted by Gasteiger charge is -2.40. The third-order valence-corrected chi connectivity index (χ3v) is 7.24. The molecule has 5 rings (SSSR count). The average molecular weight is 480 g/mol. The van der Waals surface area contributed by atoms with Gasteiger partial charge in [0.05, 0.1) is 5.92 Å². The standard InChI is InChI=1S/C25H22BrNO4/c1-14-7-12-18-19(13-14)31-25(16-8-10-17(26)11-9-16)21(15-5-3-2-4-6-15)20(23(27)29)22(28)24(18,25)30/h2-13,20-22,28,30H,1H3,(H2,27,29)/t20-,21-,22-,24+,25+/m1/s1. The van der Waals surface area contributed by atoms with Crippen molar-refractivity contribution < 1.29 is 19.7 Å². The van der Waals surface area contributed by atoms with Gasteiger partial charge in [0.15, 0.2) is 11.2 Å². The van der Waals surface area contributed by atoms with E-state index in [9.17, 15) is 15.0 Å². The number of nitrogens with two attached hydrogens (primary N) is 1. The minimum atomic E-state index is -1.87. The van der Waals surface area contributed by atoms with Gasteiger partial charge < -0.3 is 20.7 Å². The number of carbonyl (C=O) groups is 1. The van der Waals surface area contributed by atoms with Crippen LogP contribution in [0.15, 0.2) is 77.3 Å². The second kappa shape index (κ2) is 6.92. The Morgan fingerprint density at radius 3 is 2.39 bits per heavy atom. The molecule has 0 bridgehead atoms. The second-order valence-corrected chi connectivity index (χ2v) is 9.29. The number of halogens is 1. The normalized spacial score (nSPS) is 31.0. The number of aliphatic hydroxyl groups excluding tert-OH is 1. The summed E-state index contributed by atoms with van der Waals surface area (Å²) in [5.74, 6) is -1.95. The van der Waals surface area contributed by atoms with Gasteiger partial charge in [0.1, 0.15) is 11.9 Å². The second-order valence-electron chi connectivity index (χ2n) is 8.37. The van der Waals surface area contributed by atoms with Crippen LogP contribution in [0.1, 0.15) is 28.2 Å². The molecule has 5 nitrogen and oxygen atoms in total. The molecule has 0 saturated heterocycles. The average Bonchev–Trinajstić information content (AvgIpc) is 3.12. The van der Waals surface area contributed by atoms with Crippen molar-refractivity contribution >= 4 is 21.8 Å². The number of aryl methyl sites for hydroxylation is 1. The Morgan fingerprint density at radius 2 is 1.74 bits per heavy atom. The van der Waals surface area contributed by atoms with E-state index in [1.807, 2.05) is 73.7 Å². The predicted octanol–water partition coefficient (Wildman–Crippen LogP) is 3.49. The zero-order valence-corrected chi connectivity index (χ0v) is 18.4. The van der Waals surface area contributed by atoms with E-state index < -0.39 is 35.0 Å². The predicted molar refractivity (Wildman–Crippen MR) is 119 cm³/mol. The molecule has 1 aliphatic heterocycles. The number of fused-ring (bicyclic) bond motifs is 3. The summed E-state index contributed by atoms with van der Waals surface area (Å²) in [5.41, 5.74) is 5.33. The zero-order chi connectivity index (χ0) is 22.0. The SMILES string of the molecule is Cc1ccc2c(c1)O[C@@]1(c3ccc(Br)cc3)[C@H](c3ccccc3)[C@@H](C(N)=O)[C@@H](O)[C@@]21O. The van der Waals surface area contributed by atoms with Crippen LogP contribution in [0.2, 0.25) is 0 Å². The first-order valence-corrected chi connectivity index (χ1v) is 10.9. The van der Waals surface area contributed by atoms with Crippen LogP contribution in [-0.2, 0) is 16.0 Å². The quantitative estimate of drug-likeness (QED) is 0.535. The highest BCUT2D eigenvalue weighted by atomic mass is 79.9. The van der Waals surface area contributed by atoms with Gasteiger partial charge in [0.2, 0.25) is 5.91 Å². The lowest BCUT2D eigenvalue weighted by molar-refractivity contribution is -0.153. The van der Waals surface area contributed by atoms with Crippen LogP contribution >= 0.6 is 15.9 Å².